The van der Waals surface area contributed by atoms with Crippen molar-refractivity contribution in [3.05, 3.63) is 0 Å². The Hall–Kier alpha value is -0.120. The predicted molar refractivity (Wildman–Crippen MR) is 112 cm³/mol. The summed E-state index contributed by atoms with van der Waals surface area (Å²) in [5, 5.41) is 3.48. The minimum atomic E-state index is 0. The molecule has 3 aliphatic heterocycles. The van der Waals surface area contributed by atoms with Crippen molar-refractivity contribution in [2.24, 2.45) is 10.4 Å². The molecule has 146 valence electrons. The molecule has 0 aromatic carbocycles. The molecule has 3 fully saturated rings. The smallest absolute Gasteiger partial charge is 0.193 e. The van der Waals surface area contributed by atoms with Gasteiger partial charge in [-0.05, 0) is 33.6 Å². The van der Waals surface area contributed by atoms with Crippen LogP contribution in [0, 0.1) is 5.41 Å². The highest BCUT2D eigenvalue weighted by Crippen LogP contribution is 2.38. The standard InChI is InChI=1S/C18H34N4O2.HI/c1-4-19-16(21-8-5-18(13-21)6-11-23-15-18)20-7-9-22-10-12-24-14-17(22,2)3;/h4-15H2,1-3H3,(H,19,20);1H. The summed E-state index contributed by atoms with van der Waals surface area (Å²) in [6, 6.07) is 0. The van der Waals surface area contributed by atoms with Crippen molar-refractivity contribution in [2.75, 3.05) is 65.7 Å². The number of nitrogens with zero attached hydrogens (tertiary/aromatic N) is 3. The first-order chi connectivity index (χ1) is 11.5. The van der Waals surface area contributed by atoms with Crippen molar-refractivity contribution < 1.29 is 9.47 Å². The lowest BCUT2D eigenvalue weighted by Crippen LogP contribution is -2.53. The Morgan fingerprint density at radius 2 is 1.92 bits per heavy atom. The lowest BCUT2D eigenvalue weighted by Gasteiger charge is -2.41. The first-order valence-electron chi connectivity index (χ1n) is 9.49. The molecule has 1 N–H and O–H groups in total. The zero-order valence-electron chi connectivity index (χ0n) is 16.1. The third kappa shape index (κ3) is 5.20. The number of rotatable bonds is 4. The molecule has 7 heteroatoms. The number of nitrogens with one attached hydrogen (secondary N) is 1. The average molecular weight is 466 g/mol. The lowest BCUT2D eigenvalue weighted by molar-refractivity contribution is -0.0491. The number of likely N-dealkylation sites (tertiary alicyclic amines) is 1. The summed E-state index contributed by atoms with van der Waals surface area (Å²) in [5.74, 6) is 1.08. The van der Waals surface area contributed by atoms with Gasteiger partial charge in [0.05, 0.1) is 26.4 Å². The highest BCUT2D eigenvalue weighted by atomic mass is 127. The van der Waals surface area contributed by atoms with Gasteiger partial charge in [0.15, 0.2) is 5.96 Å². The van der Waals surface area contributed by atoms with E-state index in [4.69, 9.17) is 14.5 Å². The van der Waals surface area contributed by atoms with Gasteiger partial charge in [-0.3, -0.25) is 9.89 Å². The van der Waals surface area contributed by atoms with Gasteiger partial charge in [-0.1, -0.05) is 0 Å². The second-order valence-electron chi connectivity index (χ2n) is 8.06. The summed E-state index contributed by atoms with van der Waals surface area (Å²) in [6.07, 6.45) is 2.43. The number of aliphatic imine (C=N–C) groups is 1. The molecule has 0 amide bonds. The van der Waals surface area contributed by atoms with Gasteiger partial charge in [0, 0.05) is 50.3 Å². The molecular weight excluding hydrogens is 431 g/mol. The van der Waals surface area contributed by atoms with Crippen LogP contribution in [0.1, 0.15) is 33.6 Å². The molecule has 25 heavy (non-hydrogen) atoms. The minimum Gasteiger partial charge on any atom is -0.381 e. The van der Waals surface area contributed by atoms with Gasteiger partial charge in [-0.2, -0.15) is 0 Å². The van der Waals surface area contributed by atoms with Crippen LogP contribution in [0.2, 0.25) is 0 Å². The van der Waals surface area contributed by atoms with Crippen LogP contribution in [-0.2, 0) is 9.47 Å². The summed E-state index contributed by atoms with van der Waals surface area (Å²) >= 11 is 0. The summed E-state index contributed by atoms with van der Waals surface area (Å²) in [6.45, 7) is 16.1. The van der Waals surface area contributed by atoms with E-state index in [9.17, 15) is 0 Å². The van der Waals surface area contributed by atoms with Crippen molar-refractivity contribution in [1.29, 1.82) is 0 Å². The Morgan fingerprint density at radius 3 is 2.60 bits per heavy atom. The van der Waals surface area contributed by atoms with Crippen molar-refractivity contribution in [3.63, 3.8) is 0 Å². The number of hydrogen-bond acceptors (Lipinski definition) is 4. The first kappa shape index (κ1) is 21.2. The predicted octanol–water partition coefficient (Wildman–Crippen LogP) is 1.79. The molecule has 3 heterocycles. The Balaban J connectivity index is 0.00000225. The van der Waals surface area contributed by atoms with Gasteiger partial charge in [-0.25, -0.2) is 0 Å². The number of hydrogen-bond donors (Lipinski definition) is 1. The number of halogens is 1. The van der Waals surface area contributed by atoms with Gasteiger partial charge < -0.3 is 19.7 Å². The number of morpholine rings is 1. The van der Waals surface area contributed by atoms with E-state index in [-0.39, 0.29) is 29.5 Å². The van der Waals surface area contributed by atoms with E-state index in [1.807, 2.05) is 0 Å². The highest BCUT2D eigenvalue weighted by Gasteiger charge is 2.42. The highest BCUT2D eigenvalue weighted by molar-refractivity contribution is 14.0. The Labute approximate surface area is 169 Å². The molecule has 1 atom stereocenters. The van der Waals surface area contributed by atoms with E-state index in [0.717, 1.165) is 71.7 Å². The molecule has 3 aliphatic rings. The molecule has 0 aromatic heterocycles. The van der Waals surface area contributed by atoms with Crippen molar-refractivity contribution in [3.8, 4) is 0 Å². The van der Waals surface area contributed by atoms with Crippen molar-refractivity contribution >= 4 is 29.9 Å². The second-order valence-corrected chi connectivity index (χ2v) is 8.06. The van der Waals surface area contributed by atoms with Crippen LogP contribution in [0.5, 0.6) is 0 Å². The summed E-state index contributed by atoms with van der Waals surface area (Å²) < 4.78 is 11.3. The molecule has 0 aromatic rings. The third-order valence-electron chi connectivity index (χ3n) is 5.71. The molecule has 0 saturated carbocycles. The molecule has 3 saturated heterocycles. The average Bonchev–Trinajstić information content (AvgIpc) is 3.18. The molecule has 6 nitrogen and oxygen atoms in total. The Bertz CT molecular complexity index is 452. The van der Waals surface area contributed by atoms with Gasteiger partial charge in [-0.15, -0.1) is 24.0 Å². The molecular formula is C18H35IN4O2. The van der Waals surface area contributed by atoms with Gasteiger partial charge in [0.25, 0.3) is 0 Å². The fourth-order valence-corrected chi connectivity index (χ4v) is 4.09. The molecule has 3 rings (SSSR count). The fraction of sp³-hybridized carbons (Fsp3) is 0.944. The van der Waals surface area contributed by atoms with Crippen LogP contribution < -0.4 is 5.32 Å². The van der Waals surface area contributed by atoms with E-state index in [1.165, 1.54) is 12.8 Å². The quantitative estimate of drug-likeness (QED) is 0.389. The maximum absolute atomic E-state index is 5.65. The fourth-order valence-electron chi connectivity index (χ4n) is 4.09. The normalized spacial score (nSPS) is 29.9. The second kappa shape index (κ2) is 9.19. The molecule has 0 bridgehead atoms. The summed E-state index contributed by atoms with van der Waals surface area (Å²) in [5.41, 5.74) is 0.493. The van der Waals surface area contributed by atoms with E-state index in [1.54, 1.807) is 0 Å². The zero-order valence-corrected chi connectivity index (χ0v) is 18.4. The SMILES string of the molecule is CCNC(=NCCN1CCOCC1(C)C)N1CCC2(CCOC2)C1.I. The zero-order chi connectivity index (χ0) is 17.0. The molecule has 0 radical (unpaired) electrons. The number of guanidine groups is 1. The van der Waals surface area contributed by atoms with Crippen LogP contribution in [0.25, 0.3) is 0 Å². The topological polar surface area (TPSA) is 49.3 Å². The van der Waals surface area contributed by atoms with E-state index < -0.39 is 0 Å². The summed E-state index contributed by atoms with van der Waals surface area (Å²) in [7, 11) is 0. The van der Waals surface area contributed by atoms with Crippen molar-refractivity contribution in [1.82, 2.24) is 15.1 Å². The van der Waals surface area contributed by atoms with E-state index in [2.05, 4.69) is 35.9 Å². The third-order valence-corrected chi connectivity index (χ3v) is 5.71. The Kier molecular flexibility index (Phi) is 7.79. The first-order valence-corrected chi connectivity index (χ1v) is 9.49. The Morgan fingerprint density at radius 1 is 1.12 bits per heavy atom. The van der Waals surface area contributed by atoms with Crippen molar-refractivity contribution in [2.45, 2.75) is 39.2 Å². The van der Waals surface area contributed by atoms with Gasteiger partial charge in [0.2, 0.25) is 0 Å². The van der Waals surface area contributed by atoms with Gasteiger partial charge in [0.1, 0.15) is 0 Å². The van der Waals surface area contributed by atoms with Crippen LogP contribution in [-0.4, -0.2) is 87.0 Å². The number of ether oxygens (including phenoxy) is 2. The maximum Gasteiger partial charge on any atom is 0.193 e. The van der Waals surface area contributed by atoms with E-state index in [0.29, 0.717) is 5.41 Å². The summed E-state index contributed by atoms with van der Waals surface area (Å²) in [4.78, 5) is 9.85. The molecule has 1 spiro atoms. The molecule has 1 unspecified atom stereocenters. The van der Waals surface area contributed by atoms with Crippen LogP contribution >= 0.6 is 24.0 Å². The minimum absolute atomic E-state index is 0. The lowest BCUT2D eigenvalue weighted by atomic mass is 9.87. The van der Waals surface area contributed by atoms with Crippen LogP contribution in [0.15, 0.2) is 4.99 Å². The largest absolute Gasteiger partial charge is 0.381 e. The van der Waals surface area contributed by atoms with E-state index >= 15 is 0 Å². The van der Waals surface area contributed by atoms with Crippen LogP contribution in [0.3, 0.4) is 0 Å². The van der Waals surface area contributed by atoms with Crippen LogP contribution in [0.4, 0.5) is 0 Å². The van der Waals surface area contributed by atoms with Gasteiger partial charge >= 0.3 is 0 Å². The molecule has 0 aliphatic carbocycles. The monoisotopic (exact) mass is 466 g/mol. The maximum atomic E-state index is 5.65.